The van der Waals surface area contributed by atoms with Crippen LogP contribution >= 0.6 is 12.4 Å². The molecule has 1 aliphatic heterocycles. The number of hydrogen-bond donors (Lipinski definition) is 1. The lowest BCUT2D eigenvalue weighted by Gasteiger charge is -2.26. The summed E-state index contributed by atoms with van der Waals surface area (Å²) in [6.45, 7) is 4.47. The van der Waals surface area contributed by atoms with Gasteiger partial charge in [-0.15, -0.1) is 12.4 Å². The Morgan fingerprint density at radius 3 is 2.75 bits per heavy atom. The zero-order valence-electron chi connectivity index (χ0n) is 18.2. The van der Waals surface area contributed by atoms with Gasteiger partial charge >= 0.3 is 0 Å². The summed E-state index contributed by atoms with van der Waals surface area (Å²) in [5, 5.41) is 3.49. The highest BCUT2D eigenvalue weighted by Gasteiger charge is 2.24. The highest BCUT2D eigenvalue weighted by Crippen LogP contribution is 2.29. The average Bonchev–Trinajstić information content (AvgIpc) is 3.34. The van der Waals surface area contributed by atoms with Crippen LogP contribution in [0.1, 0.15) is 60.1 Å². The number of anilines is 1. The summed E-state index contributed by atoms with van der Waals surface area (Å²) in [7, 11) is 0. The molecular formula is C24H28ClN5O2. The van der Waals surface area contributed by atoms with Gasteiger partial charge in [0.15, 0.2) is 0 Å². The monoisotopic (exact) mass is 453 g/mol. The third-order valence-corrected chi connectivity index (χ3v) is 6.45. The molecule has 5 rings (SSSR count). The molecule has 1 atom stereocenters. The Labute approximate surface area is 193 Å². The third-order valence-electron chi connectivity index (χ3n) is 6.45. The van der Waals surface area contributed by atoms with Gasteiger partial charge in [0.2, 0.25) is 11.4 Å². The molecule has 0 radical (unpaired) electrons. The highest BCUT2D eigenvalue weighted by atomic mass is 35.5. The van der Waals surface area contributed by atoms with Crippen molar-refractivity contribution >= 4 is 35.3 Å². The lowest BCUT2D eigenvalue weighted by Crippen LogP contribution is -2.34. The Morgan fingerprint density at radius 2 is 1.97 bits per heavy atom. The number of aromatic nitrogens is 3. The first-order valence-corrected chi connectivity index (χ1v) is 11.2. The van der Waals surface area contributed by atoms with Crippen molar-refractivity contribution in [2.24, 2.45) is 0 Å². The van der Waals surface area contributed by atoms with E-state index in [1.807, 2.05) is 23.6 Å². The highest BCUT2D eigenvalue weighted by molar-refractivity contribution is 5.97. The summed E-state index contributed by atoms with van der Waals surface area (Å²) in [5.41, 5.74) is 2.84. The van der Waals surface area contributed by atoms with Gasteiger partial charge in [0, 0.05) is 32.0 Å². The van der Waals surface area contributed by atoms with Crippen LogP contribution in [0, 0.1) is 0 Å². The predicted molar refractivity (Wildman–Crippen MR) is 128 cm³/mol. The molecule has 0 bridgehead atoms. The molecule has 1 fully saturated rings. The molecule has 1 aromatic carbocycles. The van der Waals surface area contributed by atoms with E-state index in [9.17, 15) is 9.59 Å². The zero-order valence-corrected chi connectivity index (χ0v) is 19.0. The average molecular weight is 454 g/mol. The number of carbonyl (C=O) groups excluding carboxylic acids is 1. The second-order valence-corrected chi connectivity index (χ2v) is 8.38. The van der Waals surface area contributed by atoms with Gasteiger partial charge in [-0.2, -0.15) is 4.98 Å². The van der Waals surface area contributed by atoms with Crippen molar-refractivity contribution in [1.82, 2.24) is 19.9 Å². The minimum absolute atomic E-state index is 0. The van der Waals surface area contributed by atoms with Crippen LogP contribution in [0.15, 0.2) is 41.5 Å². The van der Waals surface area contributed by atoms with Crippen molar-refractivity contribution in [1.29, 1.82) is 0 Å². The summed E-state index contributed by atoms with van der Waals surface area (Å²) in [6.07, 6.45) is 8.41. The molecule has 1 amide bonds. The van der Waals surface area contributed by atoms with Crippen molar-refractivity contribution in [3.8, 4) is 0 Å². The molecule has 1 N–H and O–H groups in total. The number of halogens is 1. The fraction of sp³-hybridized carbons (Fsp3) is 0.417. The fourth-order valence-electron chi connectivity index (χ4n) is 4.78. The Bertz CT molecular complexity index is 1200. The smallest absolute Gasteiger partial charge is 0.257 e. The van der Waals surface area contributed by atoms with Crippen LogP contribution in [-0.4, -0.2) is 33.5 Å². The van der Waals surface area contributed by atoms with E-state index in [0.717, 1.165) is 50.8 Å². The molecule has 3 heterocycles. The van der Waals surface area contributed by atoms with Crippen molar-refractivity contribution < 1.29 is 4.79 Å². The molecule has 1 aliphatic carbocycles. The van der Waals surface area contributed by atoms with Crippen molar-refractivity contribution in [2.75, 3.05) is 18.0 Å². The number of aryl methyl sites for hydroxylation is 2. The summed E-state index contributed by atoms with van der Waals surface area (Å²) < 4.78 is 1.88. The molecule has 32 heavy (non-hydrogen) atoms. The predicted octanol–water partition coefficient (Wildman–Crippen LogP) is 3.64. The van der Waals surface area contributed by atoms with Gasteiger partial charge in [0.1, 0.15) is 11.2 Å². The molecule has 8 heteroatoms. The van der Waals surface area contributed by atoms with Crippen molar-refractivity contribution in [3.05, 3.63) is 63.6 Å². The maximum Gasteiger partial charge on any atom is 0.257 e. The number of nitrogens with one attached hydrogen (secondary N) is 1. The number of rotatable bonds is 4. The van der Waals surface area contributed by atoms with Crippen LogP contribution in [0.5, 0.6) is 0 Å². The van der Waals surface area contributed by atoms with E-state index in [1.165, 1.54) is 5.56 Å². The molecular weight excluding hydrogens is 426 g/mol. The zero-order chi connectivity index (χ0) is 21.4. The van der Waals surface area contributed by atoms with E-state index in [2.05, 4.69) is 32.3 Å². The number of fused-ring (bicyclic) bond motifs is 2. The molecule has 2 aromatic heterocycles. The van der Waals surface area contributed by atoms with Crippen LogP contribution in [0.4, 0.5) is 5.95 Å². The maximum absolute atomic E-state index is 13.2. The van der Waals surface area contributed by atoms with Crippen LogP contribution in [0.3, 0.4) is 0 Å². The summed E-state index contributed by atoms with van der Waals surface area (Å²) in [5.74, 6) is 0.321. The van der Waals surface area contributed by atoms with Gasteiger partial charge in [-0.1, -0.05) is 24.3 Å². The Kier molecular flexibility index (Phi) is 6.46. The first-order valence-electron chi connectivity index (χ1n) is 11.2. The van der Waals surface area contributed by atoms with Gasteiger partial charge in [-0.3, -0.25) is 9.59 Å². The van der Waals surface area contributed by atoms with Crippen molar-refractivity contribution in [2.45, 2.75) is 51.6 Å². The molecule has 2 aliphatic rings. The Balaban J connectivity index is 0.00000245. The topological polar surface area (TPSA) is 80.1 Å². The first kappa shape index (κ1) is 22.3. The summed E-state index contributed by atoms with van der Waals surface area (Å²) >= 11 is 0. The Hall–Kier alpha value is -2.93. The van der Waals surface area contributed by atoms with Gasteiger partial charge in [0.05, 0.1) is 11.4 Å². The fourth-order valence-corrected chi connectivity index (χ4v) is 4.78. The minimum atomic E-state index is -0.334. The number of nitrogens with zero attached hydrogens (tertiary/aromatic N) is 4. The van der Waals surface area contributed by atoms with E-state index < -0.39 is 0 Å². The molecule has 1 saturated heterocycles. The van der Waals surface area contributed by atoms with Gasteiger partial charge in [-0.05, 0) is 50.2 Å². The second-order valence-electron chi connectivity index (χ2n) is 8.38. The molecule has 168 valence electrons. The maximum atomic E-state index is 13.2. The third kappa shape index (κ3) is 3.97. The van der Waals surface area contributed by atoms with Gasteiger partial charge in [0.25, 0.3) is 5.91 Å². The van der Waals surface area contributed by atoms with E-state index in [-0.39, 0.29) is 35.3 Å². The number of amides is 1. The number of benzene rings is 1. The van der Waals surface area contributed by atoms with Crippen LogP contribution in [-0.2, 0) is 13.0 Å². The SMILES string of the molecule is CCn1cc(C(=O)NC2CCCc3ccccc32)c(=O)c2cnc(N3CCCC3)nc21.Cl. The van der Waals surface area contributed by atoms with Crippen LogP contribution in [0.2, 0.25) is 0 Å². The number of hydrogen-bond acceptors (Lipinski definition) is 5. The van der Waals surface area contributed by atoms with Crippen molar-refractivity contribution in [3.63, 3.8) is 0 Å². The largest absolute Gasteiger partial charge is 0.345 e. The molecule has 0 saturated carbocycles. The van der Waals surface area contributed by atoms with Crippen LogP contribution in [0.25, 0.3) is 11.0 Å². The summed E-state index contributed by atoms with van der Waals surface area (Å²) in [4.78, 5) is 37.6. The molecule has 0 spiro atoms. The second kappa shape index (κ2) is 9.28. The Morgan fingerprint density at radius 1 is 1.19 bits per heavy atom. The minimum Gasteiger partial charge on any atom is -0.345 e. The van der Waals surface area contributed by atoms with E-state index in [4.69, 9.17) is 0 Å². The van der Waals surface area contributed by atoms with E-state index in [1.54, 1.807) is 12.4 Å². The van der Waals surface area contributed by atoms with Crippen LogP contribution < -0.4 is 15.6 Å². The lowest BCUT2D eigenvalue weighted by molar-refractivity contribution is 0.0931. The summed E-state index contributed by atoms with van der Waals surface area (Å²) in [6, 6.07) is 8.14. The quantitative estimate of drug-likeness (QED) is 0.652. The molecule has 7 nitrogen and oxygen atoms in total. The number of carbonyl (C=O) groups is 1. The molecule has 1 unspecified atom stereocenters. The lowest BCUT2D eigenvalue weighted by atomic mass is 9.87. The standard InChI is InChI=1S/C24H27N5O2.ClH/c1-2-28-15-19(23(31)26-20-11-7-9-16-8-3-4-10-17(16)20)21(30)18-14-25-24(27-22(18)28)29-12-5-6-13-29;/h3-4,8,10,14-15,20H,2,5-7,9,11-13H2,1H3,(H,26,31);1H. The van der Waals surface area contributed by atoms with Gasteiger partial charge in [-0.25, -0.2) is 4.98 Å². The van der Waals surface area contributed by atoms with E-state index >= 15 is 0 Å². The van der Waals surface area contributed by atoms with E-state index in [0.29, 0.717) is 23.5 Å². The first-order chi connectivity index (χ1) is 15.2. The van der Waals surface area contributed by atoms with Gasteiger partial charge < -0.3 is 14.8 Å². The number of pyridine rings is 1. The molecule has 3 aromatic rings. The normalized spacial score (nSPS) is 17.7.